The number of hydrogen-bond donors (Lipinski definition) is 2. The number of nitrogens with one attached hydrogen (secondary N) is 1. The highest BCUT2D eigenvalue weighted by molar-refractivity contribution is 9.12. The largest absolute Gasteiger partial charge is 0.477 e. The van der Waals surface area contributed by atoms with E-state index in [0.717, 1.165) is 6.08 Å². The molecular weight excluding hydrogens is 318 g/mol. The van der Waals surface area contributed by atoms with E-state index in [2.05, 4.69) is 21.2 Å². The summed E-state index contributed by atoms with van der Waals surface area (Å²) in [6.07, 6.45) is 1.55. The van der Waals surface area contributed by atoms with E-state index >= 15 is 0 Å². The molecule has 0 rings (SSSR count). The van der Waals surface area contributed by atoms with E-state index in [1.165, 1.54) is 0 Å². The Kier molecular flexibility index (Phi) is 7.36. The van der Waals surface area contributed by atoms with Gasteiger partial charge in [-0.1, -0.05) is 0 Å². The number of hydrogen-bond acceptors (Lipinski definition) is 4. The Morgan fingerprint density at radius 3 is 2.37 bits per heavy atom. The van der Waals surface area contributed by atoms with E-state index in [0.29, 0.717) is 6.42 Å². The predicted molar refractivity (Wildman–Crippen MR) is 72.7 cm³/mol. The first-order chi connectivity index (χ1) is 8.61. The molecule has 0 fully saturated rings. The SMILES string of the molecule is CC(C)(C)OC(=O)CCCNC(=O)/C=C(\Br)C(=O)O. The van der Waals surface area contributed by atoms with Crippen molar-refractivity contribution in [2.75, 3.05) is 6.54 Å². The quantitative estimate of drug-likeness (QED) is 0.436. The fourth-order valence-corrected chi connectivity index (χ4v) is 1.27. The van der Waals surface area contributed by atoms with Gasteiger partial charge in [-0.15, -0.1) is 0 Å². The lowest BCUT2D eigenvalue weighted by atomic mass is 10.2. The Labute approximate surface area is 120 Å². The van der Waals surface area contributed by atoms with Crippen LogP contribution < -0.4 is 5.32 Å². The first-order valence-electron chi connectivity index (χ1n) is 5.72. The summed E-state index contributed by atoms with van der Waals surface area (Å²) >= 11 is 2.73. The lowest BCUT2D eigenvalue weighted by molar-refractivity contribution is -0.155. The lowest BCUT2D eigenvalue weighted by Crippen LogP contribution is -2.26. The van der Waals surface area contributed by atoms with Crippen molar-refractivity contribution in [3.05, 3.63) is 10.6 Å². The van der Waals surface area contributed by atoms with Crippen LogP contribution >= 0.6 is 15.9 Å². The second-order valence-corrected chi connectivity index (χ2v) is 5.63. The van der Waals surface area contributed by atoms with Crippen molar-refractivity contribution >= 4 is 33.8 Å². The first-order valence-corrected chi connectivity index (χ1v) is 6.51. The molecule has 2 N–H and O–H groups in total. The topological polar surface area (TPSA) is 92.7 Å². The molecule has 0 aliphatic heterocycles. The van der Waals surface area contributed by atoms with Crippen LogP contribution in [0.25, 0.3) is 0 Å². The van der Waals surface area contributed by atoms with Crippen molar-refractivity contribution in [2.45, 2.75) is 39.2 Å². The summed E-state index contributed by atoms with van der Waals surface area (Å²) in [7, 11) is 0. The van der Waals surface area contributed by atoms with Crippen LogP contribution in [0.3, 0.4) is 0 Å². The maximum atomic E-state index is 11.3. The van der Waals surface area contributed by atoms with E-state index in [-0.39, 0.29) is 23.4 Å². The summed E-state index contributed by atoms with van der Waals surface area (Å²) in [6.45, 7) is 5.61. The summed E-state index contributed by atoms with van der Waals surface area (Å²) in [6, 6.07) is 0. The van der Waals surface area contributed by atoms with Crippen molar-refractivity contribution in [3.8, 4) is 0 Å². The Bertz CT molecular complexity index is 384. The van der Waals surface area contributed by atoms with Crippen LogP contribution in [-0.4, -0.2) is 35.1 Å². The summed E-state index contributed by atoms with van der Waals surface area (Å²) < 4.78 is 4.87. The standard InChI is InChI=1S/C12H18BrNO5/c1-12(2,3)19-10(16)5-4-6-14-9(15)7-8(13)11(17)18/h7H,4-6H2,1-3H3,(H,14,15)(H,17,18)/b8-7-. The molecule has 0 saturated heterocycles. The molecule has 0 aliphatic carbocycles. The van der Waals surface area contributed by atoms with Gasteiger partial charge in [0.15, 0.2) is 0 Å². The van der Waals surface area contributed by atoms with Crippen LogP contribution in [0, 0.1) is 0 Å². The molecule has 0 heterocycles. The van der Waals surface area contributed by atoms with Crippen LogP contribution in [-0.2, 0) is 19.1 Å². The fraction of sp³-hybridized carbons (Fsp3) is 0.583. The van der Waals surface area contributed by atoms with E-state index in [9.17, 15) is 14.4 Å². The predicted octanol–water partition coefficient (Wildman–Crippen LogP) is 1.59. The normalized spacial score (nSPS) is 11.9. The molecule has 19 heavy (non-hydrogen) atoms. The molecule has 0 radical (unpaired) electrons. The van der Waals surface area contributed by atoms with E-state index in [1.807, 2.05) is 0 Å². The molecular formula is C12H18BrNO5. The minimum absolute atomic E-state index is 0.196. The Morgan fingerprint density at radius 1 is 1.32 bits per heavy atom. The molecule has 0 aliphatic rings. The molecule has 0 unspecified atom stereocenters. The van der Waals surface area contributed by atoms with Crippen LogP contribution in [0.1, 0.15) is 33.6 Å². The minimum atomic E-state index is -1.22. The smallest absolute Gasteiger partial charge is 0.342 e. The molecule has 7 heteroatoms. The molecule has 0 atom stereocenters. The number of ether oxygens (including phenoxy) is 1. The van der Waals surface area contributed by atoms with Crippen LogP contribution in [0.5, 0.6) is 0 Å². The Hall–Kier alpha value is -1.37. The third kappa shape index (κ3) is 10.3. The number of aliphatic carboxylic acids is 1. The first kappa shape index (κ1) is 17.6. The van der Waals surface area contributed by atoms with Crippen molar-refractivity contribution in [1.29, 1.82) is 0 Å². The van der Waals surface area contributed by atoms with E-state index in [1.54, 1.807) is 20.8 Å². The third-order valence-corrected chi connectivity index (χ3v) is 2.31. The highest BCUT2D eigenvalue weighted by Crippen LogP contribution is 2.08. The summed E-state index contributed by atoms with van der Waals surface area (Å²) in [4.78, 5) is 33.0. The van der Waals surface area contributed by atoms with Gasteiger partial charge in [0.25, 0.3) is 0 Å². The van der Waals surface area contributed by atoms with Gasteiger partial charge >= 0.3 is 11.9 Å². The van der Waals surface area contributed by atoms with Crippen molar-refractivity contribution < 1.29 is 24.2 Å². The molecule has 0 bridgehead atoms. The van der Waals surface area contributed by atoms with Crippen LogP contribution in [0.15, 0.2) is 10.6 Å². The number of carbonyl (C=O) groups excluding carboxylic acids is 2. The minimum Gasteiger partial charge on any atom is -0.477 e. The van der Waals surface area contributed by atoms with Gasteiger partial charge in [-0.25, -0.2) is 4.79 Å². The maximum Gasteiger partial charge on any atom is 0.342 e. The average Bonchev–Trinajstić information content (AvgIpc) is 2.21. The highest BCUT2D eigenvalue weighted by Gasteiger charge is 2.15. The van der Waals surface area contributed by atoms with Gasteiger partial charge in [0.05, 0.1) is 0 Å². The van der Waals surface area contributed by atoms with Gasteiger partial charge in [0.1, 0.15) is 10.1 Å². The highest BCUT2D eigenvalue weighted by atomic mass is 79.9. The second kappa shape index (κ2) is 7.93. The zero-order valence-electron chi connectivity index (χ0n) is 11.2. The Morgan fingerprint density at radius 2 is 1.89 bits per heavy atom. The number of amides is 1. The number of halogens is 1. The molecule has 0 aromatic carbocycles. The summed E-state index contributed by atoms with van der Waals surface area (Å²) in [5.74, 6) is -2.08. The van der Waals surface area contributed by atoms with Crippen molar-refractivity contribution in [2.24, 2.45) is 0 Å². The van der Waals surface area contributed by atoms with Gasteiger partial charge in [0.2, 0.25) is 5.91 Å². The van der Waals surface area contributed by atoms with E-state index < -0.39 is 17.5 Å². The van der Waals surface area contributed by atoms with Gasteiger partial charge in [-0.05, 0) is 43.1 Å². The Balaban J connectivity index is 3.88. The van der Waals surface area contributed by atoms with Crippen molar-refractivity contribution in [3.63, 3.8) is 0 Å². The zero-order chi connectivity index (χ0) is 15.1. The third-order valence-electron chi connectivity index (χ3n) is 1.74. The molecule has 0 aromatic heterocycles. The number of carbonyl (C=O) groups is 3. The van der Waals surface area contributed by atoms with Gasteiger partial charge in [-0.2, -0.15) is 0 Å². The number of carboxylic acid groups (broad SMARTS) is 1. The van der Waals surface area contributed by atoms with Gasteiger partial charge in [-0.3, -0.25) is 9.59 Å². The van der Waals surface area contributed by atoms with E-state index in [4.69, 9.17) is 9.84 Å². The number of rotatable bonds is 6. The van der Waals surface area contributed by atoms with Crippen LogP contribution in [0.2, 0.25) is 0 Å². The lowest BCUT2D eigenvalue weighted by Gasteiger charge is -2.19. The van der Waals surface area contributed by atoms with Crippen LogP contribution in [0.4, 0.5) is 0 Å². The molecule has 0 saturated carbocycles. The molecule has 0 aromatic rings. The van der Waals surface area contributed by atoms with Crippen molar-refractivity contribution in [1.82, 2.24) is 5.32 Å². The maximum absolute atomic E-state index is 11.3. The number of carboxylic acids is 1. The zero-order valence-corrected chi connectivity index (χ0v) is 12.7. The monoisotopic (exact) mass is 335 g/mol. The molecule has 1 amide bonds. The molecule has 108 valence electrons. The average molecular weight is 336 g/mol. The van der Waals surface area contributed by atoms with Gasteiger partial charge in [0, 0.05) is 19.0 Å². The second-order valence-electron chi connectivity index (χ2n) is 4.78. The molecule has 6 nitrogen and oxygen atoms in total. The molecule has 0 spiro atoms. The summed E-state index contributed by atoms with van der Waals surface area (Å²) in [5.41, 5.74) is -0.518. The fourth-order valence-electron chi connectivity index (χ4n) is 1.06. The summed E-state index contributed by atoms with van der Waals surface area (Å²) in [5, 5.41) is 11.0. The number of esters is 1. The van der Waals surface area contributed by atoms with Gasteiger partial charge < -0.3 is 15.2 Å².